The van der Waals surface area contributed by atoms with Gasteiger partial charge in [-0.3, -0.25) is 14.3 Å². The number of ether oxygens (including phenoxy) is 1. The Morgan fingerprint density at radius 2 is 2.06 bits per heavy atom. The molecule has 1 aromatic carbocycles. The average Bonchev–Trinajstić information content (AvgIpc) is 3.33. The van der Waals surface area contributed by atoms with Gasteiger partial charge in [-0.1, -0.05) is 12.1 Å². The molecule has 1 fully saturated rings. The highest BCUT2D eigenvalue weighted by Gasteiger charge is 2.37. The summed E-state index contributed by atoms with van der Waals surface area (Å²) in [5.41, 5.74) is 5.31. The summed E-state index contributed by atoms with van der Waals surface area (Å²) in [5, 5.41) is 17.1. The molecule has 2 aromatic heterocycles. The van der Waals surface area contributed by atoms with E-state index in [0.717, 1.165) is 21.8 Å². The van der Waals surface area contributed by atoms with Crippen molar-refractivity contribution in [1.82, 2.24) is 19.7 Å². The molecule has 3 aromatic rings. The van der Waals surface area contributed by atoms with E-state index in [-0.39, 0.29) is 25.0 Å². The van der Waals surface area contributed by atoms with Crippen LogP contribution in [0.2, 0.25) is 0 Å². The number of hydrogen-bond donors (Lipinski definition) is 2. The summed E-state index contributed by atoms with van der Waals surface area (Å²) >= 11 is 1.49. The number of rotatable bonds is 6. The summed E-state index contributed by atoms with van der Waals surface area (Å²) in [6, 6.07) is 8.44. The number of morpholine rings is 1. The van der Waals surface area contributed by atoms with Crippen LogP contribution in [0, 0.1) is 13.8 Å². The maximum Gasteiger partial charge on any atom is 0.273 e. The number of aliphatic hydroxyl groups is 1. The number of carbonyl (C=O) groups is 2. The number of nitrogens with one attached hydrogen (secondary N) is 1. The molecule has 0 aliphatic carbocycles. The third-order valence-electron chi connectivity index (χ3n) is 5.53. The van der Waals surface area contributed by atoms with E-state index in [9.17, 15) is 14.7 Å². The predicted octanol–water partition coefficient (Wildman–Crippen LogP) is 2.21. The minimum Gasteiger partial charge on any atom is -0.394 e. The zero-order valence-electron chi connectivity index (χ0n) is 18.1. The Bertz CT molecular complexity index is 1120. The minimum atomic E-state index is -0.518. The molecular formula is C22H25N5O4S. The van der Waals surface area contributed by atoms with Crippen LogP contribution >= 0.6 is 11.3 Å². The highest BCUT2D eigenvalue weighted by Crippen LogP contribution is 2.31. The number of nitrogens with zero attached hydrogens (tertiary/aromatic N) is 4. The van der Waals surface area contributed by atoms with Crippen molar-refractivity contribution in [3.63, 3.8) is 0 Å². The Morgan fingerprint density at radius 1 is 1.31 bits per heavy atom. The van der Waals surface area contributed by atoms with Crippen molar-refractivity contribution in [2.75, 3.05) is 18.5 Å². The molecular weight excluding hydrogens is 430 g/mol. The van der Waals surface area contributed by atoms with Crippen molar-refractivity contribution in [3.8, 4) is 0 Å². The van der Waals surface area contributed by atoms with E-state index < -0.39 is 12.1 Å². The largest absolute Gasteiger partial charge is 0.394 e. The van der Waals surface area contributed by atoms with Gasteiger partial charge in [0.05, 0.1) is 36.1 Å². The first kappa shape index (κ1) is 22.1. The van der Waals surface area contributed by atoms with Gasteiger partial charge in [0.25, 0.3) is 5.91 Å². The van der Waals surface area contributed by atoms with Crippen molar-refractivity contribution in [2.24, 2.45) is 7.05 Å². The van der Waals surface area contributed by atoms with Gasteiger partial charge in [-0.2, -0.15) is 5.10 Å². The monoisotopic (exact) mass is 455 g/mol. The van der Waals surface area contributed by atoms with Crippen molar-refractivity contribution in [2.45, 2.75) is 32.5 Å². The third-order valence-corrected chi connectivity index (χ3v) is 6.45. The van der Waals surface area contributed by atoms with Gasteiger partial charge >= 0.3 is 0 Å². The standard InChI is InChI=1S/C22H25N5O4S/c1-13-8-17(26(3)25-13)22(30)24-16-6-4-15(5-7-16)21-18(10-28)27(20(29)11-31-21)9-19-14(2)23-12-32-19/h4-8,12,18,21,28H,9-11H2,1-3H3,(H,24,30). The maximum atomic E-state index is 12.5. The molecule has 1 saturated heterocycles. The highest BCUT2D eigenvalue weighted by molar-refractivity contribution is 7.09. The van der Waals surface area contributed by atoms with Crippen molar-refractivity contribution >= 4 is 28.8 Å². The van der Waals surface area contributed by atoms with Gasteiger partial charge in [0.2, 0.25) is 5.91 Å². The van der Waals surface area contributed by atoms with Gasteiger partial charge in [-0.05, 0) is 37.6 Å². The van der Waals surface area contributed by atoms with Crippen LogP contribution < -0.4 is 5.32 Å². The number of aliphatic hydroxyl groups excluding tert-OH is 1. The third kappa shape index (κ3) is 4.43. The van der Waals surface area contributed by atoms with Crippen LogP contribution in [0.25, 0.3) is 0 Å². The fourth-order valence-corrected chi connectivity index (χ4v) is 4.60. The lowest BCUT2D eigenvalue weighted by atomic mass is 9.99. The maximum absolute atomic E-state index is 12.5. The Hall–Kier alpha value is -3.08. The van der Waals surface area contributed by atoms with E-state index in [1.165, 1.54) is 16.0 Å². The summed E-state index contributed by atoms with van der Waals surface area (Å²) in [6.07, 6.45) is -0.476. The van der Waals surface area contributed by atoms with Gasteiger partial charge in [0.15, 0.2) is 0 Å². The van der Waals surface area contributed by atoms with Gasteiger partial charge in [0, 0.05) is 17.6 Å². The fourth-order valence-electron chi connectivity index (χ4n) is 3.83. The second-order valence-electron chi connectivity index (χ2n) is 7.73. The molecule has 1 aliphatic heterocycles. The Labute approximate surface area is 189 Å². The predicted molar refractivity (Wildman–Crippen MR) is 119 cm³/mol. The number of benzene rings is 1. The van der Waals surface area contributed by atoms with Crippen LogP contribution in [0.5, 0.6) is 0 Å². The Morgan fingerprint density at radius 3 is 2.66 bits per heavy atom. The van der Waals surface area contributed by atoms with Crippen molar-refractivity contribution in [3.05, 3.63) is 63.4 Å². The molecule has 2 unspecified atom stereocenters. The first-order chi connectivity index (χ1) is 15.4. The second kappa shape index (κ2) is 9.19. The van der Waals surface area contributed by atoms with Gasteiger partial charge in [-0.15, -0.1) is 11.3 Å². The fraction of sp³-hybridized carbons (Fsp3) is 0.364. The van der Waals surface area contributed by atoms with E-state index in [1.54, 1.807) is 35.7 Å². The van der Waals surface area contributed by atoms with E-state index in [1.807, 2.05) is 26.0 Å². The molecule has 0 radical (unpaired) electrons. The highest BCUT2D eigenvalue weighted by atomic mass is 32.1. The van der Waals surface area contributed by atoms with E-state index in [2.05, 4.69) is 15.4 Å². The molecule has 2 atom stereocenters. The van der Waals surface area contributed by atoms with Gasteiger partial charge in [-0.25, -0.2) is 4.98 Å². The molecule has 4 rings (SSSR count). The number of thiazole rings is 1. The lowest BCUT2D eigenvalue weighted by molar-refractivity contribution is -0.161. The summed E-state index contributed by atoms with van der Waals surface area (Å²) in [5.74, 6) is -0.414. The number of anilines is 1. The molecule has 10 heteroatoms. The molecule has 9 nitrogen and oxygen atoms in total. The number of amides is 2. The summed E-state index contributed by atoms with van der Waals surface area (Å²) < 4.78 is 7.34. The van der Waals surface area contributed by atoms with Gasteiger partial charge in [0.1, 0.15) is 18.4 Å². The van der Waals surface area contributed by atoms with Crippen LogP contribution in [0.4, 0.5) is 5.69 Å². The van der Waals surface area contributed by atoms with E-state index in [0.29, 0.717) is 17.9 Å². The molecule has 32 heavy (non-hydrogen) atoms. The molecule has 2 N–H and O–H groups in total. The van der Waals surface area contributed by atoms with Crippen LogP contribution in [-0.2, 0) is 23.1 Å². The van der Waals surface area contributed by atoms with Gasteiger partial charge < -0.3 is 20.1 Å². The molecule has 0 spiro atoms. The van der Waals surface area contributed by atoms with Crippen molar-refractivity contribution < 1.29 is 19.4 Å². The molecule has 0 saturated carbocycles. The van der Waals surface area contributed by atoms with Crippen LogP contribution in [-0.4, -0.2) is 55.8 Å². The second-order valence-corrected chi connectivity index (χ2v) is 8.67. The summed E-state index contributed by atoms with van der Waals surface area (Å²) in [6.45, 7) is 3.84. The molecule has 0 bridgehead atoms. The molecule has 3 heterocycles. The number of aromatic nitrogens is 3. The van der Waals surface area contributed by atoms with Crippen molar-refractivity contribution in [1.29, 1.82) is 0 Å². The SMILES string of the molecule is Cc1cc(C(=O)Nc2ccc(C3OCC(=O)N(Cc4scnc4C)C3CO)cc2)n(C)n1. The molecule has 2 amide bonds. The van der Waals surface area contributed by atoms with Crippen LogP contribution in [0.1, 0.15) is 38.4 Å². The van der Waals surface area contributed by atoms with Crippen LogP contribution in [0.3, 0.4) is 0 Å². The average molecular weight is 456 g/mol. The quantitative estimate of drug-likeness (QED) is 0.590. The Kier molecular flexibility index (Phi) is 6.35. The first-order valence-electron chi connectivity index (χ1n) is 10.2. The number of hydrogen-bond acceptors (Lipinski definition) is 7. The number of aryl methyl sites for hydroxylation is 3. The number of carbonyl (C=O) groups excluding carboxylic acids is 2. The zero-order chi connectivity index (χ0) is 22.8. The molecule has 168 valence electrons. The zero-order valence-corrected chi connectivity index (χ0v) is 18.9. The topological polar surface area (TPSA) is 110 Å². The van der Waals surface area contributed by atoms with Crippen LogP contribution in [0.15, 0.2) is 35.8 Å². The summed E-state index contributed by atoms with van der Waals surface area (Å²) in [4.78, 5) is 31.9. The molecule has 1 aliphatic rings. The lowest BCUT2D eigenvalue weighted by Crippen LogP contribution is -2.52. The van der Waals surface area contributed by atoms with E-state index >= 15 is 0 Å². The van der Waals surface area contributed by atoms with E-state index in [4.69, 9.17) is 4.74 Å². The smallest absolute Gasteiger partial charge is 0.273 e. The lowest BCUT2D eigenvalue weighted by Gasteiger charge is -2.40. The summed E-state index contributed by atoms with van der Waals surface area (Å²) in [7, 11) is 1.72. The Balaban J connectivity index is 1.49. The minimum absolute atomic E-state index is 0.0582. The normalized spacial score (nSPS) is 18.8. The first-order valence-corrected chi connectivity index (χ1v) is 11.1.